The lowest BCUT2D eigenvalue weighted by atomic mass is 9.78. The van der Waals surface area contributed by atoms with E-state index in [0.717, 1.165) is 16.7 Å². The Balaban J connectivity index is 2.25. The summed E-state index contributed by atoms with van der Waals surface area (Å²) in [6.07, 6.45) is 0.277. The lowest BCUT2D eigenvalue weighted by Crippen LogP contribution is -2.34. The van der Waals surface area contributed by atoms with E-state index in [9.17, 15) is 0 Å². The Bertz CT molecular complexity index is 1060. The molecule has 0 N–H and O–H groups in total. The third kappa shape index (κ3) is 3.83. The average Bonchev–Trinajstić information content (AvgIpc) is 2.67. The van der Waals surface area contributed by atoms with Crippen molar-refractivity contribution in [2.24, 2.45) is 7.05 Å². The van der Waals surface area contributed by atoms with Crippen molar-refractivity contribution in [2.75, 3.05) is 0 Å². The SMILES string of the molecule is [2H]c1c([2H])c(-c2ccc(C(C)(C)C)cc2C)[n+](C)c([2H])c1C(C)(C)c1ccccc1. The minimum atomic E-state index is -0.549. The number of rotatable bonds is 3. The molecule has 0 amide bonds. The quantitative estimate of drug-likeness (QED) is 0.496. The normalized spacial score (nSPS) is 13.8. The molecule has 1 heterocycles. The van der Waals surface area contributed by atoms with Crippen LogP contribution in [0.2, 0.25) is 0 Å². The minimum absolute atomic E-state index is 0.0417. The van der Waals surface area contributed by atoms with Gasteiger partial charge < -0.3 is 0 Å². The Hall–Kier alpha value is -2.41. The van der Waals surface area contributed by atoms with E-state index < -0.39 is 5.41 Å². The van der Waals surface area contributed by atoms with E-state index in [1.54, 1.807) is 4.57 Å². The topological polar surface area (TPSA) is 3.88 Å². The number of nitrogens with zero attached hydrogens (tertiary/aromatic N) is 1. The van der Waals surface area contributed by atoms with Crippen molar-refractivity contribution in [3.05, 3.63) is 89.0 Å². The standard InChI is InChI=1S/C26H32N/c1-19-17-21(25(2,3)4)13-15-23(19)24-16-14-22(18-27(24)7)26(5,6)20-11-9-8-10-12-20/h8-18H,1-7H3/q+1/i14D,16D,18D. The highest BCUT2D eigenvalue weighted by molar-refractivity contribution is 5.62. The summed E-state index contributed by atoms with van der Waals surface area (Å²) in [7, 11) is 1.83. The Morgan fingerprint density at radius 3 is 2.07 bits per heavy atom. The first-order chi connectivity index (χ1) is 13.9. The first-order valence-electron chi connectivity index (χ1n) is 11.0. The molecular weight excluding hydrogens is 326 g/mol. The summed E-state index contributed by atoms with van der Waals surface area (Å²) in [5.74, 6) is 0. The molecule has 2 aromatic carbocycles. The number of hydrogen-bond acceptors (Lipinski definition) is 0. The average molecular weight is 362 g/mol. The van der Waals surface area contributed by atoms with Gasteiger partial charge in [0.1, 0.15) is 8.42 Å². The van der Waals surface area contributed by atoms with Gasteiger partial charge in [-0.05, 0) is 41.1 Å². The van der Waals surface area contributed by atoms with Gasteiger partial charge in [-0.25, -0.2) is 4.57 Å². The van der Waals surface area contributed by atoms with Crippen LogP contribution in [0.25, 0.3) is 11.3 Å². The van der Waals surface area contributed by atoms with Crippen LogP contribution in [-0.4, -0.2) is 0 Å². The van der Waals surface area contributed by atoms with E-state index in [-0.39, 0.29) is 23.7 Å². The van der Waals surface area contributed by atoms with Crippen LogP contribution >= 0.6 is 0 Å². The smallest absolute Gasteiger partial charge is 0.201 e. The monoisotopic (exact) mass is 361 g/mol. The van der Waals surface area contributed by atoms with E-state index in [2.05, 4.69) is 32.9 Å². The molecule has 1 aromatic heterocycles. The zero-order valence-corrected chi connectivity index (χ0v) is 17.6. The molecule has 140 valence electrons. The summed E-state index contributed by atoms with van der Waals surface area (Å²) < 4.78 is 28.3. The predicted molar refractivity (Wildman–Crippen MR) is 115 cm³/mol. The lowest BCUT2D eigenvalue weighted by molar-refractivity contribution is -0.661. The predicted octanol–water partition coefficient (Wildman–Crippen LogP) is 6.11. The molecule has 1 heteroatoms. The first kappa shape index (κ1) is 15.6. The Morgan fingerprint density at radius 2 is 1.48 bits per heavy atom. The van der Waals surface area contributed by atoms with Gasteiger partial charge in [-0.1, -0.05) is 77.1 Å². The Morgan fingerprint density at radius 1 is 0.815 bits per heavy atom. The minimum Gasteiger partial charge on any atom is -0.201 e. The maximum absolute atomic E-state index is 8.90. The van der Waals surface area contributed by atoms with Gasteiger partial charge in [0.2, 0.25) is 5.69 Å². The molecule has 0 saturated heterocycles. The van der Waals surface area contributed by atoms with Gasteiger partial charge in [0.25, 0.3) is 0 Å². The van der Waals surface area contributed by atoms with Gasteiger partial charge >= 0.3 is 0 Å². The lowest BCUT2D eigenvalue weighted by Gasteiger charge is -2.25. The third-order valence-electron chi connectivity index (χ3n) is 5.39. The van der Waals surface area contributed by atoms with Gasteiger partial charge in [0.05, 0.1) is 2.74 Å². The zero-order chi connectivity index (χ0) is 22.4. The highest BCUT2D eigenvalue weighted by atomic mass is 14.9. The van der Waals surface area contributed by atoms with Crippen molar-refractivity contribution in [3.63, 3.8) is 0 Å². The second-order valence-electron chi connectivity index (χ2n) is 8.92. The van der Waals surface area contributed by atoms with Crippen molar-refractivity contribution < 1.29 is 8.68 Å². The highest BCUT2D eigenvalue weighted by Crippen LogP contribution is 2.32. The highest BCUT2D eigenvalue weighted by Gasteiger charge is 2.26. The summed E-state index contributed by atoms with van der Waals surface area (Å²) in [6.45, 7) is 12.6. The van der Waals surface area contributed by atoms with Crippen molar-refractivity contribution in [3.8, 4) is 11.3 Å². The van der Waals surface area contributed by atoms with Crippen molar-refractivity contribution in [1.29, 1.82) is 0 Å². The van der Waals surface area contributed by atoms with Crippen LogP contribution in [0.3, 0.4) is 0 Å². The third-order valence-corrected chi connectivity index (χ3v) is 5.39. The second kappa shape index (κ2) is 6.96. The Labute approximate surface area is 168 Å². The van der Waals surface area contributed by atoms with Gasteiger partial charge in [0, 0.05) is 22.6 Å². The molecule has 0 radical (unpaired) electrons. The van der Waals surface area contributed by atoms with E-state index >= 15 is 0 Å². The van der Waals surface area contributed by atoms with E-state index in [0.29, 0.717) is 11.3 Å². The number of aryl methyl sites for hydroxylation is 1. The number of benzene rings is 2. The second-order valence-corrected chi connectivity index (χ2v) is 8.92. The zero-order valence-electron chi connectivity index (χ0n) is 20.6. The van der Waals surface area contributed by atoms with Crippen molar-refractivity contribution in [2.45, 2.75) is 52.4 Å². The molecule has 27 heavy (non-hydrogen) atoms. The molecule has 0 spiro atoms. The summed E-state index contributed by atoms with van der Waals surface area (Å²) >= 11 is 0. The molecular formula is C26H32N+. The van der Waals surface area contributed by atoms with E-state index in [1.807, 2.05) is 64.2 Å². The molecule has 0 atom stereocenters. The summed E-state index contributed by atoms with van der Waals surface area (Å²) in [6, 6.07) is 16.5. The van der Waals surface area contributed by atoms with Crippen LogP contribution in [0.1, 0.15) is 61.0 Å². The molecule has 0 saturated carbocycles. The Kier molecular flexibility index (Phi) is 4.03. The molecule has 3 aromatic rings. The molecule has 3 rings (SSSR count). The molecule has 1 nitrogen and oxygen atoms in total. The van der Waals surface area contributed by atoms with Gasteiger partial charge in [-0.3, -0.25) is 0 Å². The number of pyridine rings is 1. The fraction of sp³-hybridized carbons (Fsp3) is 0.346. The van der Waals surface area contributed by atoms with Crippen LogP contribution < -0.4 is 4.57 Å². The van der Waals surface area contributed by atoms with Crippen LogP contribution in [0.5, 0.6) is 0 Å². The fourth-order valence-electron chi connectivity index (χ4n) is 3.40. The van der Waals surface area contributed by atoms with Crippen LogP contribution in [0.4, 0.5) is 0 Å². The maximum Gasteiger partial charge on any atom is 0.212 e. The van der Waals surface area contributed by atoms with Gasteiger partial charge in [0.15, 0.2) is 6.17 Å². The molecule has 0 aliphatic heterocycles. The molecule has 0 bridgehead atoms. The van der Waals surface area contributed by atoms with Crippen molar-refractivity contribution in [1.82, 2.24) is 0 Å². The fourth-order valence-corrected chi connectivity index (χ4v) is 3.40. The molecule has 0 aliphatic carbocycles. The summed E-state index contributed by atoms with van der Waals surface area (Å²) in [5.41, 5.74) is 4.92. The van der Waals surface area contributed by atoms with Gasteiger partial charge in [-0.15, -0.1) is 0 Å². The summed E-state index contributed by atoms with van der Waals surface area (Å²) in [5, 5.41) is 0. The molecule has 0 aliphatic rings. The number of hydrogen-bond donors (Lipinski definition) is 0. The number of aromatic nitrogens is 1. The van der Waals surface area contributed by atoms with Crippen LogP contribution in [-0.2, 0) is 17.9 Å². The maximum atomic E-state index is 8.90. The molecule has 0 unspecified atom stereocenters. The molecule has 0 fully saturated rings. The summed E-state index contributed by atoms with van der Waals surface area (Å²) in [4.78, 5) is 0. The van der Waals surface area contributed by atoms with Crippen LogP contribution in [0.15, 0.2) is 66.8 Å². The van der Waals surface area contributed by atoms with Crippen molar-refractivity contribution >= 4 is 0 Å². The van der Waals surface area contributed by atoms with E-state index in [1.165, 1.54) is 5.56 Å². The largest absolute Gasteiger partial charge is 0.212 e. The van der Waals surface area contributed by atoms with E-state index in [4.69, 9.17) is 4.11 Å². The van der Waals surface area contributed by atoms with Gasteiger partial charge in [-0.2, -0.15) is 0 Å². The first-order valence-corrected chi connectivity index (χ1v) is 9.54. The van der Waals surface area contributed by atoms with Crippen LogP contribution in [0, 0.1) is 6.92 Å².